The van der Waals surface area contributed by atoms with Gasteiger partial charge in [0.15, 0.2) is 0 Å². The van der Waals surface area contributed by atoms with Gasteiger partial charge in [-0.15, -0.1) is 0 Å². The van der Waals surface area contributed by atoms with Gasteiger partial charge >= 0.3 is 0 Å². The second kappa shape index (κ2) is 5.07. The third kappa shape index (κ3) is 2.44. The summed E-state index contributed by atoms with van der Waals surface area (Å²) in [6, 6.07) is 7.50. The number of piperidine rings is 1. The summed E-state index contributed by atoms with van der Waals surface area (Å²) in [4.78, 5) is 14.4. The number of aliphatic hydroxyl groups excluding tert-OH is 1. The molecule has 1 aromatic rings. The van der Waals surface area contributed by atoms with Gasteiger partial charge < -0.3 is 9.84 Å². The van der Waals surface area contributed by atoms with Gasteiger partial charge in [-0.2, -0.15) is 0 Å². The quantitative estimate of drug-likeness (QED) is 0.866. The van der Waals surface area contributed by atoms with Gasteiger partial charge in [0.05, 0.1) is 6.04 Å². The van der Waals surface area contributed by atoms with Crippen molar-refractivity contribution in [3.05, 3.63) is 29.8 Å². The Balaban J connectivity index is 1.98. The number of para-hydroxylation sites is 1. The maximum Gasteiger partial charge on any atom is 0.136 e. The number of hydrogen-bond acceptors (Lipinski definition) is 4. The Hall–Kier alpha value is -1.39. The number of benzene rings is 1. The Morgan fingerprint density at radius 2 is 1.73 bits per heavy atom. The highest BCUT2D eigenvalue weighted by molar-refractivity contribution is 5.81. The van der Waals surface area contributed by atoms with Gasteiger partial charge in [0.25, 0.3) is 0 Å². The largest absolute Gasteiger partial charge is 0.491 e. The molecule has 0 bridgehead atoms. The molecule has 0 saturated carbocycles. The van der Waals surface area contributed by atoms with Gasteiger partial charge in [-0.05, 0) is 33.8 Å². The van der Waals surface area contributed by atoms with E-state index in [0.717, 1.165) is 11.3 Å². The van der Waals surface area contributed by atoms with Crippen molar-refractivity contribution in [1.29, 1.82) is 0 Å². The summed E-state index contributed by atoms with van der Waals surface area (Å²) < 4.78 is 5.89. The van der Waals surface area contributed by atoms with E-state index in [9.17, 15) is 9.90 Å². The normalized spacial score (nSPS) is 30.5. The van der Waals surface area contributed by atoms with Crippen LogP contribution in [0.3, 0.4) is 0 Å². The van der Waals surface area contributed by atoms with Crippen molar-refractivity contribution in [3.63, 3.8) is 0 Å². The minimum atomic E-state index is -0.600. The van der Waals surface area contributed by atoms with E-state index >= 15 is 0 Å². The monoisotopic (exact) mass is 303 g/mol. The maximum atomic E-state index is 12.1. The standard InChI is InChI=1S/C18H25NO3/c1-17(2)9-12(20)10-18(3,4)19(17)14-11-22-15-8-6-5-7-13(15)16(14)21/h5-8,14,16,21H,9-11H2,1-4H3. The number of rotatable bonds is 1. The van der Waals surface area contributed by atoms with Crippen LogP contribution < -0.4 is 4.74 Å². The molecular weight excluding hydrogens is 278 g/mol. The molecule has 3 rings (SSSR count). The van der Waals surface area contributed by atoms with Crippen LogP contribution in [0.5, 0.6) is 5.75 Å². The summed E-state index contributed by atoms with van der Waals surface area (Å²) >= 11 is 0. The summed E-state index contributed by atoms with van der Waals surface area (Å²) in [5.74, 6) is 1.05. The number of Topliss-reactive ketones (excluding diaryl/α,β-unsaturated/α-hetero) is 1. The van der Waals surface area contributed by atoms with Crippen LogP contribution >= 0.6 is 0 Å². The average molecular weight is 303 g/mol. The highest BCUT2D eigenvalue weighted by Gasteiger charge is 2.51. The van der Waals surface area contributed by atoms with Gasteiger partial charge in [0.1, 0.15) is 24.2 Å². The van der Waals surface area contributed by atoms with E-state index in [1.807, 2.05) is 24.3 Å². The molecule has 4 nitrogen and oxygen atoms in total. The SMILES string of the molecule is CC1(C)CC(=O)CC(C)(C)N1C1COc2ccccc2C1O. The van der Waals surface area contributed by atoms with E-state index in [0.29, 0.717) is 19.4 Å². The Morgan fingerprint density at radius 1 is 1.14 bits per heavy atom. The minimum absolute atomic E-state index is 0.145. The lowest BCUT2D eigenvalue weighted by molar-refractivity contribution is -0.147. The van der Waals surface area contributed by atoms with Crippen LogP contribution in [0, 0.1) is 0 Å². The third-order valence-electron chi connectivity index (χ3n) is 4.91. The predicted octanol–water partition coefficient (Wildman–Crippen LogP) is 2.70. The fraction of sp³-hybridized carbons (Fsp3) is 0.611. The first-order valence-corrected chi connectivity index (χ1v) is 7.93. The Morgan fingerprint density at radius 3 is 2.36 bits per heavy atom. The lowest BCUT2D eigenvalue weighted by Crippen LogP contribution is -2.67. The van der Waals surface area contributed by atoms with Crippen molar-refractivity contribution in [2.45, 2.75) is 63.8 Å². The topological polar surface area (TPSA) is 49.8 Å². The maximum absolute atomic E-state index is 12.1. The van der Waals surface area contributed by atoms with E-state index in [-0.39, 0.29) is 22.9 Å². The number of fused-ring (bicyclic) bond motifs is 1. The molecule has 1 saturated heterocycles. The van der Waals surface area contributed by atoms with Crippen LogP contribution in [0.2, 0.25) is 0 Å². The van der Waals surface area contributed by atoms with Crippen LogP contribution in [0.15, 0.2) is 24.3 Å². The van der Waals surface area contributed by atoms with Crippen LogP contribution in [0.1, 0.15) is 52.2 Å². The van der Waals surface area contributed by atoms with Crippen molar-refractivity contribution >= 4 is 5.78 Å². The van der Waals surface area contributed by atoms with Crippen molar-refractivity contribution < 1.29 is 14.6 Å². The minimum Gasteiger partial charge on any atom is -0.491 e. The van der Waals surface area contributed by atoms with Crippen LogP contribution in [-0.2, 0) is 4.79 Å². The van der Waals surface area contributed by atoms with Gasteiger partial charge in [0, 0.05) is 29.5 Å². The molecule has 0 spiro atoms. The number of ketones is 1. The molecule has 120 valence electrons. The number of nitrogens with zero attached hydrogens (tertiary/aromatic N) is 1. The summed E-state index contributed by atoms with van der Waals surface area (Å²) in [5, 5.41) is 10.9. The molecule has 2 aliphatic rings. The second-order valence-corrected chi connectivity index (χ2v) is 7.75. The number of ether oxygens (including phenoxy) is 1. The van der Waals surface area contributed by atoms with Gasteiger partial charge in [-0.25, -0.2) is 0 Å². The molecular formula is C18H25NO3. The molecule has 0 radical (unpaired) electrons. The van der Waals surface area contributed by atoms with Crippen molar-refractivity contribution in [3.8, 4) is 5.75 Å². The van der Waals surface area contributed by atoms with Gasteiger partial charge in [0.2, 0.25) is 0 Å². The average Bonchev–Trinajstić information content (AvgIpc) is 2.39. The van der Waals surface area contributed by atoms with E-state index in [2.05, 4.69) is 32.6 Å². The highest BCUT2D eigenvalue weighted by atomic mass is 16.5. The fourth-order valence-electron chi connectivity index (χ4n) is 4.46. The first-order chi connectivity index (χ1) is 10.2. The molecule has 2 heterocycles. The Labute approximate surface area is 132 Å². The molecule has 0 amide bonds. The lowest BCUT2D eigenvalue weighted by Gasteiger charge is -2.57. The zero-order chi connectivity index (χ0) is 16.1. The summed E-state index contributed by atoms with van der Waals surface area (Å²) in [7, 11) is 0. The summed E-state index contributed by atoms with van der Waals surface area (Å²) in [6.07, 6.45) is 0.430. The zero-order valence-electron chi connectivity index (χ0n) is 13.8. The number of aliphatic hydroxyl groups is 1. The number of carbonyl (C=O) groups excluding carboxylic acids is 1. The molecule has 2 atom stereocenters. The van der Waals surface area contributed by atoms with Crippen LogP contribution in [-0.4, -0.2) is 39.5 Å². The van der Waals surface area contributed by atoms with E-state index in [1.54, 1.807) is 0 Å². The molecule has 2 aliphatic heterocycles. The van der Waals surface area contributed by atoms with Crippen LogP contribution in [0.25, 0.3) is 0 Å². The van der Waals surface area contributed by atoms with Crippen molar-refractivity contribution in [2.24, 2.45) is 0 Å². The predicted molar refractivity (Wildman–Crippen MR) is 84.9 cm³/mol. The zero-order valence-corrected chi connectivity index (χ0v) is 13.8. The lowest BCUT2D eigenvalue weighted by atomic mass is 9.76. The second-order valence-electron chi connectivity index (χ2n) is 7.75. The van der Waals surface area contributed by atoms with Crippen LogP contribution in [0.4, 0.5) is 0 Å². The molecule has 2 unspecified atom stereocenters. The fourth-order valence-corrected chi connectivity index (χ4v) is 4.46. The van der Waals surface area contributed by atoms with E-state index in [1.165, 1.54) is 0 Å². The molecule has 0 aromatic heterocycles. The van der Waals surface area contributed by atoms with E-state index in [4.69, 9.17) is 4.74 Å². The number of carbonyl (C=O) groups is 1. The summed E-state index contributed by atoms with van der Waals surface area (Å²) in [5.41, 5.74) is 0.252. The highest BCUT2D eigenvalue weighted by Crippen LogP contribution is 2.44. The van der Waals surface area contributed by atoms with Gasteiger partial charge in [-0.1, -0.05) is 18.2 Å². The molecule has 1 fully saturated rings. The number of likely N-dealkylation sites (tertiary alicyclic amines) is 1. The smallest absolute Gasteiger partial charge is 0.136 e. The Kier molecular flexibility index (Phi) is 3.57. The van der Waals surface area contributed by atoms with E-state index < -0.39 is 6.10 Å². The van der Waals surface area contributed by atoms with Gasteiger partial charge in [-0.3, -0.25) is 9.69 Å². The first-order valence-electron chi connectivity index (χ1n) is 7.93. The number of hydrogen-bond donors (Lipinski definition) is 1. The third-order valence-corrected chi connectivity index (χ3v) is 4.91. The molecule has 1 aromatic carbocycles. The molecule has 0 aliphatic carbocycles. The molecule has 4 heteroatoms. The Bertz CT molecular complexity index is 574. The van der Waals surface area contributed by atoms with Crippen molar-refractivity contribution in [1.82, 2.24) is 4.90 Å². The summed E-state index contributed by atoms with van der Waals surface area (Å²) in [6.45, 7) is 8.77. The van der Waals surface area contributed by atoms with Crippen molar-refractivity contribution in [2.75, 3.05) is 6.61 Å². The molecule has 22 heavy (non-hydrogen) atoms. The molecule has 1 N–H and O–H groups in total. The first kappa shape index (κ1) is 15.5.